The van der Waals surface area contributed by atoms with Crippen molar-refractivity contribution in [2.24, 2.45) is 17.6 Å². The molecule has 0 radical (unpaired) electrons. The number of carbonyl (C=O) groups is 2. The molecular weight excluding hydrogens is 947 g/mol. The highest BCUT2D eigenvalue weighted by Crippen LogP contribution is 2.38. The highest BCUT2D eigenvalue weighted by molar-refractivity contribution is 7.99. The number of carbonyl (C=O) groups excluding carboxylic acids is 1. The van der Waals surface area contributed by atoms with Gasteiger partial charge in [0.25, 0.3) is 16.3 Å². The van der Waals surface area contributed by atoms with E-state index in [1.807, 2.05) is 66.7 Å². The number of thioether (sulfide) groups is 1. The van der Waals surface area contributed by atoms with Crippen molar-refractivity contribution in [2.75, 3.05) is 62.3 Å². The second-order valence-electron chi connectivity index (χ2n) is 16.4. The number of ketones is 1. The maximum atomic E-state index is 14.2. The highest BCUT2D eigenvalue weighted by atomic mass is 35.5. The Hall–Kier alpha value is -4.75. The molecule has 5 aromatic carbocycles. The number of alkyl halides is 3. The molecule has 2 fully saturated rings. The van der Waals surface area contributed by atoms with Gasteiger partial charge in [-0.15, -0.1) is 11.8 Å². The number of rotatable bonds is 17. The molecule has 0 amide bonds. The molecule has 5 aromatic rings. The molecule has 2 heterocycles. The van der Waals surface area contributed by atoms with Crippen molar-refractivity contribution in [3.63, 3.8) is 0 Å². The van der Waals surface area contributed by atoms with Crippen LogP contribution in [0.4, 0.5) is 18.9 Å². The van der Waals surface area contributed by atoms with Gasteiger partial charge in [0.1, 0.15) is 5.75 Å². The van der Waals surface area contributed by atoms with Crippen LogP contribution >= 0.6 is 23.4 Å². The van der Waals surface area contributed by atoms with Crippen LogP contribution in [0.25, 0.3) is 11.1 Å². The van der Waals surface area contributed by atoms with Gasteiger partial charge in [-0.3, -0.25) is 14.5 Å². The maximum absolute atomic E-state index is 14.2. The van der Waals surface area contributed by atoms with E-state index in [4.69, 9.17) is 32.0 Å². The summed E-state index contributed by atoms with van der Waals surface area (Å²) in [6.45, 7) is 4.36. The van der Waals surface area contributed by atoms with E-state index in [9.17, 15) is 34.8 Å². The third-order valence-electron chi connectivity index (χ3n) is 12.1. The SMILES string of the molecule is N[C@@H](c1ccccc1-c1ccc(Cl)cc1)C1CCN(c2ccc(C(=O)CS(=O)(=O)c3ccc(C[C@H](CCN4CCOCC4)CSc4ccccc4)c(S(=O)(=O)C(F)(F)F)c3)cc2)CC1.O=CO. The molecule has 0 aliphatic carbocycles. The third-order valence-corrected chi connectivity index (χ3v) is 16.8. The lowest BCUT2D eigenvalue weighted by molar-refractivity contribution is -0.122. The first-order chi connectivity index (χ1) is 32.0. The number of carboxylic acid groups (broad SMARTS) is 1. The second kappa shape index (κ2) is 23.5. The van der Waals surface area contributed by atoms with E-state index in [0.29, 0.717) is 69.2 Å². The highest BCUT2D eigenvalue weighted by Gasteiger charge is 2.48. The van der Waals surface area contributed by atoms with Crippen LogP contribution in [0.5, 0.6) is 0 Å². The molecule has 0 bridgehead atoms. The summed E-state index contributed by atoms with van der Waals surface area (Å²) in [6.07, 6.45) is 2.17. The van der Waals surface area contributed by atoms with Crippen molar-refractivity contribution in [1.29, 1.82) is 0 Å². The molecule has 2 aliphatic heterocycles. The van der Waals surface area contributed by atoms with E-state index in [1.54, 1.807) is 12.1 Å². The number of hydrogen-bond donors (Lipinski definition) is 2. The Bertz CT molecular complexity index is 2650. The number of hydrogen-bond acceptors (Lipinski definition) is 11. The van der Waals surface area contributed by atoms with E-state index in [-0.39, 0.29) is 41.9 Å². The number of Topliss-reactive ketones (excluding diaryl/α,β-unsaturated/α-hetero) is 1. The number of anilines is 1. The number of nitrogens with zero attached hydrogens (tertiary/aromatic N) is 2. The number of morpholine rings is 1. The van der Waals surface area contributed by atoms with Crippen molar-refractivity contribution in [1.82, 2.24) is 4.90 Å². The van der Waals surface area contributed by atoms with Gasteiger partial charge in [-0.2, -0.15) is 13.2 Å². The number of nitrogens with two attached hydrogens (primary N) is 1. The predicted molar refractivity (Wildman–Crippen MR) is 256 cm³/mol. The lowest BCUT2D eigenvalue weighted by Crippen LogP contribution is -2.37. The summed E-state index contributed by atoms with van der Waals surface area (Å²) in [5, 5.41) is 7.55. The molecule has 7 rings (SSSR count). The average Bonchev–Trinajstić information content (AvgIpc) is 3.33. The van der Waals surface area contributed by atoms with Gasteiger partial charge in [0.05, 0.1) is 23.0 Å². The summed E-state index contributed by atoms with van der Waals surface area (Å²) in [6, 6.07) is 34.4. The minimum atomic E-state index is -5.97. The predicted octanol–water partition coefficient (Wildman–Crippen LogP) is 9.25. The Labute approximate surface area is 399 Å². The Morgan fingerprint density at radius 1 is 0.866 bits per heavy atom. The minimum Gasteiger partial charge on any atom is -0.483 e. The molecule has 18 heteroatoms. The van der Waals surface area contributed by atoms with Crippen molar-refractivity contribution < 1.29 is 49.4 Å². The quantitative estimate of drug-likeness (QED) is 0.0517. The summed E-state index contributed by atoms with van der Waals surface area (Å²) < 4.78 is 102. The second-order valence-corrected chi connectivity index (χ2v) is 21.9. The fourth-order valence-corrected chi connectivity index (χ4v) is 11.9. The molecule has 11 nitrogen and oxygen atoms in total. The van der Waals surface area contributed by atoms with E-state index in [0.717, 1.165) is 52.2 Å². The fourth-order valence-electron chi connectivity index (χ4n) is 8.40. The van der Waals surface area contributed by atoms with E-state index >= 15 is 0 Å². The zero-order valence-corrected chi connectivity index (χ0v) is 39.8. The molecule has 2 aliphatic rings. The Morgan fingerprint density at radius 3 is 2.13 bits per heavy atom. The van der Waals surface area contributed by atoms with Crippen LogP contribution in [0.2, 0.25) is 5.02 Å². The Kier molecular flexibility index (Phi) is 18.1. The fraction of sp³-hybridized carbons (Fsp3) is 0.347. The topological polar surface area (TPSA) is 164 Å². The van der Waals surface area contributed by atoms with Crippen molar-refractivity contribution in [2.45, 2.75) is 51.9 Å². The molecule has 67 heavy (non-hydrogen) atoms. The minimum absolute atomic E-state index is 0.0385. The summed E-state index contributed by atoms with van der Waals surface area (Å²) in [4.78, 5) is 25.3. The third kappa shape index (κ3) is 13.7. The molecule has 0 aromatic heterocycles. The first kappa shape index (κ1) is 51.6. The lowest BCUT2D eigenvalue weighted by Gasteiger charge is -2.36. The van der Waals surface area contributed by atoms with Gasteiger partial charge in [-0.25, -0.2) is 16.8 Å². The molecule has 0 unspecified atom stereocenters. The van der Waals surface area contributed by atoms with E-state index < -0.39 is 46.5 Å². The Morgan fingerprint density at radius 2 is 1.49 bits per heavy atom. The molecule has 0 saturated carbocycles. The lowest BCUT2D eigenvalue weighted by atomic mass is 9.83. The van der Waals surface area contributed by atoms with Gasteiger partial charge >= 0.3 is 5.51 Å². The van der Waals surface area contributed by atoms with Crippen LogP contribution in [0, 0.1) is 11.8 Å². The van der Waals surface area contributed by atoms with Crippen LogP contribution in [0.3, 0.4) is 0 Å². The molecule has 358 valence electrons. The summed E-state index contributed by atoms with van der Waals surface area (Å²) in [7, 11) is -10.5. The summed E-state index contributed by atoms with van der Waals surface area (Å²) >= 11 is 7.64. The van der Waals surface area contributed by atoms with E-state index in [1.165, 1.54) is 23.9 Å². The van der Waals surface area contributed by atoms with Gasteiger partial charge in [-0.05, 0) is 127 Å². The number of piperidine rings is 1. The van der Waals surface area contributed by atoms with Crippen LogP contribution in [-0.4, -0.2) is 102 Å². The molecule has 3 N–H and O–H groups in total. The number of sulfone groups is 2. The summed E-state index contributed by atoms with van der Waals surface area (Å²) in [5.74, 6) is -1.39. The monoisotopic (exact) mass is 999 g/mol. The van der Waals surface area contributed by atoms with Crippen LogP contribution in [-0.2, 0) is 35.6 Å². The number of halogens is 4. The van der Waals surface area contributed by atoms with Crippen LogP contribution in [0.1, 0.15) is 46.8 Å². The summed E-state index contributed by atoms with van der Waals surface area (Å²) in [5.41, 5.74) is 5.18. The van der Waals surface area contributed by atoms with Gasteiger partial charge < -0.3 is 20.5 Å². The van der Waals surface area contributed by atoms with Crippen molar-refractivity contribution >= 4 is 61.0 Å². The van der Waals surface area contributed by atoms with Gasteiger partial charge in [-0.1, -0.05) is 72.3 Å². The maximum Gasteiger partial charge on any atom is 0.501 e. The van der Waals surface area contributed by atoms with Crippen LogP contribution < -0.4 is 10.6 Å². The zero-order chi connectivity index (χ0) is 48.2. The molecule has 2 saturated heterocycles. The molecular formula is C49H53ClF3N3O8S3. The number of ether oxygens (including phenoxy) is 1. The van der Waals surface area contributed by atoms with Crippen LogP contribution in [0.15, 0.2) is 136 Å². The average molecular weight is 1000 g/mol. The molecule has 0 spiro atoms. The first-order valence-electron chi connectivity index (χ1n) is 21.7. The van der Waals surface area contributed by atoms with Crippen molar-refractivity contribution in [3.8, 4) is 11.1 Å². The van der Waals surface area contributed by atoms with E-state index in [2.05, 4.69) is 21.9 Å². The molecule has 2 atom stereocenters. The normalized spacial score (nSPS) is 16.1. The largest absolute Gasteiger partial charge is 0.501 e. The zero-order valence-electron chi connectivity index (χ0n) is 36.6. The van der Waals surface area contributed by atoms with Gasteiger partial charge in [0, 0.05) is 59.1 Å². The van der Waals surface area contributed by atoms with Gasteiger partial charge in [0.2, 0.25) is 0 Å². The number of benzene rings is 5. The smallest absolute Gasteiger partial charge is 0.483 e. The standard InChI is InChI=1S/C48H51ClF3N3O6S3.CH2O2/c49-39-15-10-35(11-16-39)43-8-4-5-9-44(43)47(53)37-21-24-55(25-22-37)40-17-12-36(13-18-40)45(56)33-63(57,58)42-19-14-38(46(31-42)64(59,60)48(50,51)52)30-34(20-23-54-26-28-61-29-27-54)32-62-41-6-2-1-3-7-41;2-1-3/h1-19,31,34,37,47H,20-30,32-33,53H2;1H,(H,2,3)/t34-,47+;/m0./s1. The Balaban J connectivity index is 0.00000240. The van der Waals surface area contributed by atoms with Crippen molar-refractivity contribution in [3.05, 3.63) is 143 Å². The van der Waals surface area contributed by atoms with Gasteiger partial charge in [0.15, 0.2) is 15.6 Å². The first-order valence-corrected chi connectivity index (χ1v) is 26.2.